The SMILES string of the molecule is N#Cc1ccccc1NC(=O)COC(=O)c1ccc(-n2cncn2)cc1. The number of carbonyl (C=O) groups is 2. The molecule has 0 aliphatic rings. The van der Waals surface area contributed by atoms with Gasteiger partial charge < -0.3 is 10.1 Å². The number of benzene rings is 2. The van der Waals surface area contributed by atoms with Crippen molar-refractivity contribution >= 4 is 17.6 Å². The smallest absolute Gasteiger partial charge is 0.338 e. The van der Waals surface area contributed by atoms with E-state index >= 15 is 0 Å². The Morgan fingerprint density at radius 2 is 1.92 bits per heavy atom. The van der Waals surface area contributed by atoms with Crippen molar-refractivity contribution in [2.24, 2.45) is 0 Å². The van der Waals surface area contributed by atoms with E-state index in [0.29, 0.717) is 16.8 Å². The van der Waals surface area contributed by atoms with Crippen LogP contribution in [0.25, 0.3) is 5.69 Å². The fraction of sp³-hybridized carbons (Fsp3) is 0.0556. The van der Waals surface area contributed by atoms with Gasteiger partial charge in [0.25, 0.3) is 5.91 Å². The van der Waals surface area contributed by atoms with Crippen LogP contribution in [0.3, 0.4) is 0 Å². The lowest BCUT2D eigenvalue weighted by atomic mass is 10.2. The summed E-state index contributed by atoms with van der Waals surface area (Å²) >= 11 is 0. The van der Waals surface area contributed by atoms with Crippen LogP contribution in [0.4, 0.5) is 5.69 Å². The topological polar surface area (TPSA) is 110 Å². The highest BCUT2D eigenvalue weighted by molar-refractivity contribution is 5.96. The third-order valence-corrected chi connectivity index (χ3v) is 3.44. The van der Waals surface area contributed by atoms with Crippen molar-refractivity contribution in [2.75, 3.05) is 11.9 Å². The molecule has 0 spiro atoms. The van der Waals surface area contributed by atoms with Crippen LogP contribution in [0.2, 0.25) is 0 Å². The molecule has 8 heteroatoms. The summed E-state index contributed by atoms with van der Waals surface area (Å²) in [6, 6.07) is 15.1. The van der Waals surface area contributed by atoms with E-state index < -0.39 is 18.5 Å². The number of anilines is 1. The van der Waals surface area contributed by atoms with E-state index in [9.17, 15) is 9.59 Å². The molecule has 3 aromatic rings. The van der Waals surface area contributed by atoms with Gasteiger partial charge in [-0.25, -0.2) is 14.5 Å². The Bertz CT molecular complexity index is 959. The number of hydrogen-bond donors (Lipinski definition) is 1. The van der Waals surface area contributed by atoms with E-state index in [2.05, 4.69) is 15.4 Å². The molecule has 0 aliphatic carbocycles. The summed E-state index contributed by atoms with van der Waals surface area (Å²) in [5, 5.41) is 15.5. The van der Waals surface area contributed by atoms with Crippen molar-refractivity contribution in [2.45, 2.75) is 0 Å². The van der Waals surface area contributed by atoms with Gasteiger partial charge in [0.15, 0.2) is 6.61 Å². The van der Waals surface area contributed by atoms with Gasteiger partial charge in [0.1, 0.15) is 18.7 Å². The molecule has 0 fully saturated rings. The first-order valence-electron chi connectivity index (χ1n) is 7.58. The molecule has 128 valence electrons. The Morgan fingerprint density at radius 3 is 2.62 bits per heavy atom. The Hall–Kier alpha value is -3.99. The number of nitrogens with zero attached hydrogens (tertiary/aromatic N) is 4. The van der Waals surface area contributed by atoms with Crippen molar-refractivity contribution in [1.82, 2.24) is 14.8 Å². The quantitative estimate of drug-likeness (QED) is 0.706. The highest BCUT2D eigenvalue weighted by Crippen LogP contribution is 2.13. The molecule has 0 saturated carbocycles. The van der Waals surface area contributed by atoms with Crippen molar-refractivity contribution in [3.8, 4) is 11.8 Å². The zero-order chi connectivity index (χ0) is 18.4. The number of nitriles is 1. The summed E-state index contributed by atoms with van der Waals surface area (Å²) in [5.74, 6) is -1.15. The molecule has 26 heavy (non-hydrogen) atoms. The number of hydrogen-bond acceptors (Lipinski definition) is 6. The molecule has 1 aromatic heterocycles. The van der Waals surface area contributed by atoms with Crippen LogP contribution < -0.4 is 5.32 Å². The van der Waals surface area contributed by atoms with Crippen LogP contribution in [0, 0.1) is 11.3 Å². The number of esters is 1. The third-order valence-electron chi connectivity index (χ3n) is 3.44. The molecule has 0 saturated heterocycles. The highest BCUT2D eigenvalue weighted by atomic mass is 16.5. The maximum atomic E-state index is 12.0. The van der Waals surface area contributed by atoms with Gasteiger partial charge in [0, 0.05) is 0 Å². The van der Waals surface area contributed by atoms with Gasteiger partial charge in [0.2, 0.25) is 0 Å². The lowest BCUT2D eigenvalue weighted by Crippen LogP contribution is -2.21. The predicted molar refractivity (Wildman–Crippen MR) is 91.4 cm³/mol. The van der Waals surface area contributed by atoms with Gasteiger partial charge in [-0.1, -0.05) is 12.1 Å². The van der Waals surface area contributed by atoms with E-state index in [-0.39, 0.29) is 0 Å². The molecule has 0 radical (unpaired) electrons. The largest absolute Gasteiger partial charge is 0.452 e. The van der Waals surface area contributed by atoms with E-state index in [0.717, 1.165) is 5.69 Å². The number of aromatic nitrogens is 3. The Kier molecular flexibility index (Phi) is 5.00. The molecule has 0 bridgehead atoms. The number of amides is 1. The summed E-state index contributed by atoms with van der Waals surface area (Å²) < 4.78 is 6.55. The molecule has 0 atom stereocenters. The molecule has 2 aromatic carbocycles. The second kappa shape index (κ2) is 7.72. The van der Waals surface area contributed by atoms with Crippen LogP contribution in [-0.2, 0) is 9.53 Å². The minimum absolute atomic E-state index is 0.305. The molecule has 0 aliphatic heterocycles. The average molecular weight is 347 g/mol. The van der Waals surface area contributed by atoms with Crippen LogP contribution in [-0.4, -0.2) is 33.2 Å². The van der Waals surface area contributed by atoms with Gasteiger partial charge in [-0.05, 0) is 36.4 Å². The van der Waals surface area contributed by atoms with E-state index in [1.807, 2.05) is 6.07 Å². The van der Waals surface area contributed by atoms with Gasteiger partial charge in [0.05, 0.1) is 22.5 Å². The normalized spacial score (nSPS) is 9.96. The van der Waals surface area contributed by atoms with E-state index in [1.165, 1.54) is 12.7 Å². The molecular weight excluding hydrogens is 334 g/mol. The average Bonchev–Trinajstić information content (AvgIpc) is 3.21. The van der Waals surface area contributed by atoms with Crippen molar-refractivity contribution in [3.05, 3.63) is 72.3 Å². The summed E-state index contributed by atoms with van der Waals surface area (Å²) in [6.45, 7) is -0.455. The van der Waals surface area contributed by atoms with E-state index in [4.69, 9.17) is 10.00 Å². The second-order valence-electron chi connectivity index (χ2n) is 5.17. The zero-order valence-electron chi connectivity index (χ0n) is 13.5. The van der Waals surface area contributed by atoms with Crippen LogP contribution in [0.15, 0.2) is 61.2 Å². The molecule has 1 amide bonds. The van der Waals surface area contributed by atoms with Gasteiger partial charge in [-0.15, -0.1) is 0 Å². The number of ether oxygens (including phenoxy) is 1. The molecule has 3 rings (SSSR count). The number of nitrogens with one attached hydrogen (secondary N) is 1. The van der Waals surface area contributed by atoms with Crippen molar-refractivity contribution in [3.63, 3.8) is 0 Å². The number of rotatable bonds is 5. The zero-order valence-corrected chi connectivity index (χ0v) is 13.5. The van der Waals surface area contributed by atoms with E-state index in [1.54, 1.807) is 53.2 Å². The van der Waals surface area contributed by atoms with Gasteiger partial charge >= 0.3 is 5.97 Å². The lowest BCUT2D eigenvalue weighted by Gasteiger charge is -2.08. The predicted octanol–water partition coefficient (Wildman–Crippen LogP) is 1.93. The first-order chi connectivity index (χ1) is 12.7. The number of para-hydroxylation sites is 1. The minimum atomic E-state index is -0.626. The lowest BCUT2D eigenvalue weighted by molar-refractivity contribution is -0.119. The minimum Gasteiger partial charge on any atom is -0.452 e. The maximum Gasteiger partial charge on any atom is 0.338 e. The van der Waals surface area contributed by atoms with Crippen LogP contribution in [0.1, 0.15) is 15.9 Å². The maximum absolute atomic E-state index is 12.0. The standard InChI is InChI=1S/C18H13N5O3/c19-9-14-3-1-2-4-16(14)22-17(24)10-26-18(25)13-5-7-15(8-6-13)23-12-20-11-21-23/h1-8,11-12H,10H2,(H,22,24). The van der Waals surface area contributed by atoms with Gasteiger partial charge in [-0.2, -0.15) is 10.4 Å². The fourth-order valence-electron chi connectivity index (χ4n) is 2.18. The molecule has 8 nitrogen and oxygen atoms in total. The summed E-state index contributed by atoms with van der Waals surface area (Å²) in [6.07, 6.45) is 2.95. The van der Waals surface area contributed by atoms with Gasteiger partial charge in [-0.3, -0.25) is 4.79 Å². The van der Waals surface area contributed by atoms with Crippen LogP contribution >= 0.6 is 0 Å². The molecule has 0 unspecified atom stereocenters. The van der Waals surface area contributed by atoms with Crippen LogP contribution in [0.5, 0.6) is 0 Å². The summed E-state index contributed by atoms with van der Waals surface area (Å²) in [5.41, 5.74) is 1.74. The number of carbonyl (C=O) groups excluding carboxylic acids is 2. The Morgan fingerprint density at radius 1 is 1.15 bits per heavy atom. The molecular formula is C18H13N5O3. The summed E-state index contributed by atoms with van der Waals surface area (Å²) in [7, 11) is 0. The summed E-state index contributed by atoms with van der Waals surface area (Å²) in [4.78, 5) is 27.8. The third kappa shape index (κ3) is 3.91. The first kappa shape index (κ1) is 16.9. The molecule has 1 heterocycles. The Balaban J connectivity index is 1.57. The second-order valence-corrected chi connectivity index (χ2v) is 5.17. The fourth-order valence-corrected chi connectivity index (χ4v) is 2.18. The highest BCUT2D eigenvalue weighted by Gasteiger charge is 2.12. The monoisotopic (exact) mass is 347 g/mol. The van der Waals surface area contributed by atoms with Crippen molar-refractivity contribution in [1.29, 1.82) is 5.26 Å². The first-order valence-corrected chi connectivity index (χ1v) is 7.58. The van der Waals surface area contributed by atoms with Crippen molar-refractivity contribution < 1.29 is 14.3 Å². The molecule has 1 N–H and O–H groups in total. The Labute approximate surface area is 148 Å².